The number of amides is 1. The first-order chi connectivity index (χ1) is 14.1. The summed E-state index contributed by atoms with van der Waals surface area (Å²) in [5.74, 6) is 0.504. The van der Waals surface area contributed by atoms with E-state index in [1.54, 1.807) is 18.2 Å². The quantitative estimate of drug-likeness (QED) is 0.783. The van der Waals surface area contributed by atoms with Crippen molar-refractivity contribution in [1.82, 2.24) is 14.9 Å². The van der Waals surface area contributed by atoms with Crippen molar-refractivity contribution in [2.24, 2.45) is 5.92 Å². The van der Waals surface area contributed by atoms with Gasteiger partial charge in [-0.2, -0.15) is 0 Å². The van der Waals surface area contributed by atoms with Gasteiger partial charge in [-0.15, -0.1) is 0 Å². The normalized spacial score (nSPS) is 21.6. The Balaban J connectivity index is 1.29. The number of benzene rings is 1. The van der Waals surface area contributed by atoms with E-state index in [0.29, 0.717) is 28.7 Å². The van der Waals surface area contributed by atoms with E-state index in [4.69, 9.17) is 4.74 Å². The summed E-state index contributed by atoms with van der Waals surface area (Å²) in [5, 5.41) is 0.520. The van der Waals surface area contributed by atoms with Crippen LogP contribution in [-0.4, -0.2) is 45.9 Å². The van der Waals surface area contributed by atoms with Crippen molar-refractivity contribution in [2.45, 2.75) is 57.4 Å². The lowest BCUT2D eigenvalue weighted by molar-refractivity contribution is -0.154. The van der Waals surface area contributed by atoms with Crippen molar-refractivity contribution in [3.8, 4) is 0 Å². The Bertz CT molecular complexity index is 952. The summed E-state index contributed by atoms with van der Waals surface area (Å²) in [6.07, 6.45) is 7.25. The highest BCUT2D eigenvalue weighted by Crippen LogP contribution is 2.35. The highest BCUT2D eigenvalue weighted by molar-refractivity contribution is 5.81. The van der Waals surface area contributed by atoms with Crippen LogP contribution in [0, 0.1) is 5.92 Å². The molecule has 0 spiro atoms. The molecule has 1 saturated carbocycles. The van der Waals surface area contributed by atoms with Gasteiger partial charge < -0.3 is 14.6 Å². The van der Waals surface area contributed by atoms with Crippen molar-refractivity contribution in [1.29, 1.82) is 0 Å². The van der Waals surface area contributed by atoms with E-state index in [2.05, 4.69) is 9.97 Å². The van der Waals surface area contributed by atoms with Crippen LogP contribution in [-0.2, 0) is 20.7 Å². The number of aromatic amines is 1. The van der Waals surface area contributed by atoms with Gasteiger partial charge in [0.1, 0.15) is 5.82 Å². The van der Waals surface area contributed by atoms with Crippen LogP contribution >= 0.6 is 0 Å². The van der Waals surface area contributed by atoms with Gasteiger partial charge in [0.25, 0.3) is 11.5 Å². The number of H-pyrrole nitrogens is 1. The molecule has 1 aromatic carbocycles. The number of esters is 1. The number of aromatic nitrogens is 2. The predicted molar refractivity (Wildman–Crippen MR) is 108 cm³/mol. The maximum absolute atomic E-state index is 12.6. The third-order valence-electron chi connectivity index (χ3n) is 6.15. The summed E-state index contributed by atoms with van der Waals surface area (Å²) in [7, 11) is 0. The van der Waals surface area contributed by atoms with Crippen LogP contribution in [0.2, 0.25) is 0 Å². The minimum Gasteiger partial charge on any atom is -0.456 e. The summed E-state index contributed by atoms with van der Waals surface area (Å²) in [6, 6.07) is 7.39. The number of para-hydroxylation sites is 1. The second-order valence-corrected chi connectivity index (χ2v) is 8.03. The zero-order chi connectivity index (χ0) is 20.2. The summed E-state index contributed by atoms with van der Waals surface area (Å²) in [4.78, 5) is 45.8. The molecule has 2 fully saturated rings. The molecule has 1 N–H and O–H groups in total. The lowest BCUT2D eigenvalue weighted by Gasteiger charge is -2.44. The number of hydrogen-bond donors (Lipinski definition) is 1. The smallest absolute Gasteiger partial charge is 0.306 e. The summed E-state index contributed by atoms with van der Waals surface area (Å²) < 4.78 is 5.23. The number of hydrogen-bond acceptors (Lipinski definition) is 5. The molecule has 2 heterocycles. The van der Waals surface area contributed by atoms with Crippen LogP contribution in [0.4, 0.5) is 0 Å². The van der Waals surface area contributed by atoms with Crippen LogP contribution in [0.1, 0.15) is 50.8 Å². The molecule has 7 heteroatoms. The van der Waals surface area contributed by atoms with E-state index in [1.165, 1.54) is 25.7 Å². The maximum atomic E-state index is 12.6. The number of carbonyl (C=O) groups is 2. The lowest BCUT2D eigenvalue weighted by Crippen LogP contribution is -2.50. The number of fused-ring (bicyclic) bond motifs is 2. The molecule has 1 aliphatic carbocycles. The summed E-state index contributed by atoms with van der Waals surface area (Å²) in [6.45, 7) is 0.559. The third-order valence-corrected chi connectivity index (χ3v) is 6.15. The molecule has 1 amide bonds. The number of likely N-dealkylation sites (tertiary alicyclic amines) is 1. The molecule has 7 nitrogen and oxygen atoms in total. The van der Waals surface area contributed by atoms with Crippen molar-refractivity contribution in [2.75, 3.05) is 13.2 Å². The zero-order valence-electron chi connectivity index (χ0n) is 16.6. The third kappa shape index (κ3) is 4.49. The Hall–Kier alpha value is -2.70. The Morgan fingerprint density at radius 3 is 2.83 bits per heavy atom. The molecule has 29 heavy (non-hydrogen) atoms. The van der Waals surface area contributed by atoms with Gasteiger partial charge in [0, 0.05) is 19.0 Å². The first-order valence-electron chi connectivity index (χ1n) is 10.5. The second kappa shape index (κ2) is 8.76. The van der Waals surface area contributed by atoms with Crippen LogP contribution in [0.25, 0.3) is 10.9 Å². The van der Waals surface area contributed by atoms with E-state index in [0.717, 1.165) is 19.4 Å². The predicted octanol–water partition coefficient (Wildman–Crippen LogP) is 2.58. The van der Waals surface area contributed by atoms with E-state index in [9.17, 15) is 14.4 Å². The topological polar surface area (TPSA) is 92.4 Å². The molecule has 1 aromatic heterocycles. The average Bonchev–Trinajstić information content (AvgIpc) is 2.75. The van der Waals surface area contributed by atoms with Gasteiger partial charge >= 0.3 is 5.97 Å². The highest BCUT2D eigenvalue weighted by Gasteiger charge is 2.35. The number of rotatable bonds is 5. The molecule has 2 atom stereocenters. The Morgan fingerprint density at radius 2 is 1.93 bits per heavy atom. The second-order valence-electron chi connectivity index (χ2n) is 8.03. The zero-order valence-corrected chi connectivity index (χ0v) is 16.6. The molecule has 0 bridgehead atoms. The summed E-state index contributed by atoms with van der Waals surface area (Å²) in [5.41, 5.74) is 0.378. The highest BCUT2D eigenvalue weighted by atomic mass is 16.5. The standard InChI is InChI=1S/C22H27N3O4/c26-20(25-13-5-7-15-6-1-4-10-18(15)25)14-29-21(27)12-11-19-23-17-9-3-2-8-16(17)22(28)24-19/h2-3,8-9,15,18H,1,4-7,10-14H2,(H,23,24,28)/t15-,18+/m1/s1. The van der Waals surface area contributed by atoms with E-state index >= 15 is 0 Å². The first-order valence-corrected chi connectivity index (χ1v) is 10.5. The summed E-state index contributed by atoms with van der Waals surface area (Å²) >= 11 is 0. The fraction of sp³-hybridized carbons (Fsp3) is 0.545. The Labute approximate surface area is 169 Å². The molecule has 4 rings (SSSR count). The molecule has 1 aliphatic heterocycles. The molecule has 2 aliphatic rings. The number of piperidine rings is 1. The molecule has 0 unspecified atom stereocenters. The molecular weight excluding hydrogens is 370 g/mol. The Kier molecular flexibility index (Phi) is 5.92. The van der Waals surface area contributed by atoms with Crippen LogP contribution in [0.3, 0.4) is 0 Å². The van der Waals surface area contributed by atoms with Crippen molar-refractivity contribution < 1.29 is 14.3 Å². The van der Waals surface area contributed by atoms with Crippen LogP contribution < -0.4 is 5.56 Å². The largest absolute Gasteiger partial charge is 0.456 e. The maximum Gasteiger partial charge on any atom is 0.306 e. The molecular formula is C22H27N3O4. The number of carbonyl (C=O) groups excluding carboxylic acids is 2. The van der Waals surface area contributed by atoms with Gasteiger partial charge in [-0.1, -0.05) is 25.0 Å². The van der Waals surface area contributed by atoms with Crippen LogP contribution in [0.15, 0.2) is 29.1 Å². The van der Waals surface area contributed by atoms with E-state index in [-0.39, 0.29) is 30.9 Å². The molecule has 2 aromatic rings. The monoisotopic (exact) mass is 397 g/mol. The molecule has 0 radical (unpaired) electrons. The van der Waals surface area contributed by atoms with E-state index < -0.39 is 5.97 Å². The Morgan fingerprint density at radius 1 is 1.14 bits per heavy atom. The van der Waals surface area contributed by atoms with Gasteiger partial charge in [0.05, 0.1) is 17.3 Å². The fourth-order valence-electron chi connectivity index (χ4n) is 4.71. The van der Waals surface area contributed by atoms with Gasteiger partial charge in [0.2, 0.25) is 0 Å². The van der Waals surface area contributed by atoms with Crippen LogP contribution in [0.5, 0.6) is 0 Å². The fourth-order valence-corrected chi connectivity index (χ4v) is 4.71. The van der Waals surface area contributed by atoms with Gasteiger partial charge in [-0.25, -0.2) is 4.98 Å². The minimum atomic E-state index is -0.452. The SMILES string of the molecule is O=C(CCc1nc2ccccc2c(=O)[nH]1)OCC(=O)N1CCC[C@H]2CCCC[C@@H]21. The number of nitrogens with zero attached hydrogens (tertiary/aromatic N) is 2. The minimum absolute atomic E-state index is 0.0701. The van der Waals surface area contributed by atoms with Crippen molar-refractivity contribution >= 4 is 22.8 Å². The average molecular weight is 397 g/mol. The lowest BCUT2D eigenvalue weighted by atomic mass is 9.78. The number of aryl methyl sites for hydroxylation is 1. The van der Waals surface area contributed by atoms with Crippen molar-refractivity contribution in [3.63, 3.8) is 0 Å². The van der Waals surface area contributed by atoms with E-state index in [1.807, 2.05) is 11.0 Å². The number of ether oxygens (including phenoxy) is 1. The number of nitrogens with one attached hydrogen (secondary N) is 1. The van der Waals surface area contributed by atoms with Gasteiger partial charge in [-0.3, -0.25) is 14.4 Å². The van der Waals surface area contributed by atoms with Gasteiger partial charge in [0.15, 0.2) is 6.61 Å². The molecule has 154 valence electrons. The van der Waals surface area contributed by atoms with Crippen molar-refractivity contribution in [3.05, 3.63) is 40.4 Å². The first kappa shape index (κ1) is 19.6. The van der Waals surface area contributed by atoms with Gasteiger partial charge in [-0.05, 0) is 43.7 Å². The molecule has 1 saturated heterocycles.